The number of anilines is 1. The van der Waals surface area contributed by atoms with Crippen molar-refractivity contribution in [3.63, 3.8) is 0 Å². The third kappa shape index (κ3) is 6.87. The van der Waals surface area contributed by atoms with Crippen LogP contribution in [0.25, 0.3) is 10.9 Å². The number of amides is 1. The number of aliphatic imine (C=N–C) groups is 1. The number of fused-ring (bicyclic) bond motifs is 1. The van der Waals surface area contributed by atoms with Crippen molar-refractivity contribution >= 4 is 46.5 Å². The van der Waals surface area contributed by atoms with Crippen molar-refractivity contribution in [2.45, 2.75) is 0 Å². The minimum Gasteiger partial charge on any atom is -0.494 e. The number of hydrogen-bond acceptors (Lipinski definition) is 8. The minimum atomic E-state index is -0.470. The fraction of sp³-hybridized carbons (Fsp3) is 0.333. The van der Waals surface area contributed by atoms with Crippen LogP contribution in [0.3, 0.4) is 0 Å². The summed E-state index contributed by atoms with van der Waals surface area (Å²) in [5.74, 6) is 0.0973. The highest BCUT2D eigenvalue weighted by Crippen LogP contribution is 2.31. The van der Waals surface area contributed by atoms with Crippen molar-refractivity contribution in [1.82, 2.24) is 20.1 Å². The first-order valence-electron chi connectivity index (χ1n) is 15.2. The lowest BCUT2D eigenvalue weighted by atomic mass is 9.78. The highest BCUT2D eigenvalue weighted by Gasteiger charge is 2.25. The third-order valence-corrected chi connectivity index (χ3v) is 8.26. The second kappa shape index (κ2) is 13.8. The lowest BCUT2D eigenvalue weighted by Gasteiger charge is -2.32. The Kier molecular flexibility index (Phi) is 9.39. The van der Waals surface area contributed by atoms with Crippen LogP contribution in [-0.4, -0.2) is 112 Å². The predicted octanol–water partition coefficient (Wildman–Crippen LogP) is 2.58. The fourth-order valence-corrected chi connectivity index (χ4v) is 5.62. The van der Waals surface area contributed by atoms with E-state index >= 15 is 0 Å². The molecule has 6 rings (SSSR count). The van der Waals surface area contributed by atoms with Crippen molar-refractivity contribution in [3.8, 4) is 5.88 Å². The number of likely N-dealkylation sites (N-methyl/N-ethyl adjacent to an activating group) is 2. The van der Waals surface area contributed by atoms with Gasteiger partial charge in [-0.05, 0) is 42.8 Å². The van der Waals surface area contributed by atoms with Crippen molar-refractivity contribution in [2.75, 3.05) is 78.0 Å². The van der Waals surface area contributed by atoms with E-state index in [2.05, 4.69) is 27.1 Å². The molecule has 0 saturated carbocycles. The highest BCUT2D eigenvalue weighted by atomic mass is 16.6. The molecule has 0 bridgehead atoms. The number of aromatic nitrogens is 1. The van der Waals surface area contributed by atoms with E-state index in [-0.39, 0.29) is 11.8 Å². The SMILES string of the molecule is CN1CCN(CC(=O)N(C)c2ccc(N=C(c3ccccc3)c3c(O)[nH]c4cc(B5OCCNCCO5)ccc34)cc2)CC1. The smallest absolute Gasteiger partial charge is 0.494 e. The molecule has 10 nitrogen and oxygen atoms in total. The van der Waals surface area contributed by atoms with Crippen LogP contribution in [0.5, 0.6) is 5.88 Å². The largest absolute Gasteiger partial charge is 0.494 e. The van der Waals surface area contributed by atoms with E-state index in [0.717, 1.165) is 66.9 Å². The van der Waals surface area contributed by atoms with E-state index in [1.165, 1.54) is 0 Å². The molecule has 228 valence electrons. The van der Waals surface area contributed by atoms with Crippen molar-refractivity contribution < 1.29 is 19.2 Å². The van der Waals surface area contributed by atoms with Gasteiger partial charge in [-0.25, -0.2) is 4.99 Å². The van der Waals surface area contributed by atoms with Crippen molar-refractivity contribution in [2.24, 2.45) is 4.99 Å². The Morgan fingerprint density at radius 1 is 0.977 bits per heavy atom. The van der Waals surface area contributed by atoms with Crippen molar-refractivity contribution in [3.05, 3.63) is 83.9 Å². The van der Waals surface area contributed by atoms with E-state index in [0.29, 0.717) is 36.7 Å². The van der Waals surface area contributed by atoms with Crippen LogP contribution in [0.15, 0.2) is 77.8 Å². The molecular weight excluding hydrogens is 555 g/mol. The molecule has 2 aliphatic heterocycles. The van der Waals surface area contributed by atoms with Gasteiger partial charge < -0.3 is 34.5 Å². The van der Waals surface area contributed by atoms with Gasteiger partial charge in [-0.2, -0.15) is 0 Å². The number of H-pyrrole nitrogens is 1. The summed E-state index contributed by atoms with van der Waals surface area (Å²) in [5.41, 5.74) is 5.29. The lowest BCUT2D eigenvalue weighted by Crippen LogP contribution is -2.48. The van der Waals surface area contributed by atoms with Crippen LogP contribution < -0.4 is 15.7 Å². The quantitative estimate of drug-likeness (QED) is 0.223. The van der Waals surface area contributed by atoms with Gasteiger partial charge in [0.25, 0.3) is 0 Å². The zero-order chi connectivity index (χ0) is 30.5. The summed E-state index contributed by atoms with van der Waals surface area (Å²) < 4.78 is 11.8. The second-order valence-electron chi connectivity index (χ2n) is 11.4. The van der Waals surface area contributed by atoms with Gasteiger partial charge >= 0.3 is 7.12 Å². The molecule has 4 aromatic rings. The summed E-state index contributed by atoms with van der Waals surface area (Å²) in [6, 6.07) is 23.4. The molecule has 3 aromatic carbocycles. The molecule has 2 aliphatic rings. The number of piperazine rings is 1. The van der Waals surface area contributed by atoms with Gasteiger partial charge in [0.1, 0.15) is 0 Å². The number of aromatic amines is 1. The van der Waals surface area contributed by atoms with Gasteiger partial charge in [-0.1, -0.05) is 42.5 Å². The summed E-state index contributed by atoms with van der Waals surface area (Å²) in [4.78, 5) is 27.4. The number of benzene rings is 3. The predicted molar refractivity (Wildman–Crippen MR) is 176 cm³/mol. The zero-order valence-corrected chi connectivity index (χ0v) is 25.3. The Morgan fingerprint density at radius 2 is 1.68 bits per heavy atom. The molecule has 11 heteroatoms. The molecule has 0 spiro atoms. The summed E-state index contributed by atoms with van der Waals surface area (Å²) in [7, 11) is 3.45. The number of rotatable bonds is 7. The molecule has 0 unspecified atom stereocenters. The summed E-state index contributed by atoms with van der Waals surface area (Å²) in [6.07, 6.45) is 0. The molecule has 0 atom stereocenters. The van der Waals surface area contributed by atoms with Gasteiger partial charge in [0, 0.05) is 81.7 Å². The number of aromatic hydroxyl groups is 1. The minimum absolute atomic E-state index is 0.0364. The molecule has 44 heavy (non-hydrogen) atoms. The highest BCUT2D eigenvalue weighted by molar-refractivity contribution is 6.61. The van der Waals surface area contributed by atoms with Crippen LogP contribution >= 0.6 is 0 Å². The third-order valence-electron chi connectivity index (χ3n) is 8.26. The zero-order valence-electron chi connectivity index (χ0n) is 25.3. The average molecular weight is 595 g/mol. The number of carbonyl (C=O) groups is 1. The second-order valence-corrected chi connectivity index (χ2v) is 11.4. The van der Waals surface area contributed by atoms with Gasteiger partial charge in [-0.15, -0.1) is 0 Å². The topological polar surface area (TPSA) is 106 Å². The van der Waals surface area contributed by atoms with Gasteiger partial charge in [-0.3, -0.25) is 9.69 Å². The Hall–Kier alpha value is -4.00. The van der Waals surface area contributed by atoms with E-state index in [1.54, 1.807) is 4.90 Å². The summed E-state index contributed by atoms with van der Waals surface area (Å²) in [5, 5.41) is 15.3. The first-order valence-corrected chi connectivity index (χ1v) is 15.2. The van der Waals surface area contributed by atoms with Crippen LogP contribution in [0, 0.1) is 0 Å². The van der Waals surface area contributed by atoms with E-state index in [4.69, 9.17) is 14.3 Å². The summed E-state index contributed by atoms with van der Waals surface area (Å²) in [6.45, 7) is 6.79. The van der Waals surface area contributed by atoms with E-state index < -0.39 is 7.12 Å². The Morgan fingerprint density at radius 3 is 2.39 bits per heavy atom. The maximum absolute atomic E-state index is 13.0. The number of nitrogens with one attached hydrogen (secondary N) is 2. The van der Waals surface area contributed by atoms with Crippen molar-refractivity contribution in [1.29, 1.82) is 0 Å². The molecule has 1 aromatic heterocycles. The average Bonchev–Trinajstić information content (AvgIpc) is 3.35. The van der Waals surface area contributed by atoms with E-state index in [1.807, 2.05) is 79.8 Å². The maximum Gasteiger partial charge on any atom is 0.494 e. The maximum atomic E-state index is 13.0. The first-order chi connectivity index (χ1) is 21.5. The first kappa shape index (κ1) is 30.0. The number of nitrogens with zero attached hydrogens (tertiary/aromatic N) is 4. The Bertz CT molecular complexity index is 1590. The molecule has 1 amide bonds. The lowest BCUT2D eigenvalue weighted by molar-refractivity contribution is -0.119. The Labute approximate surface area is 258 Å². The van der Waals surface area contributed by atoms with Crippen LogP contribution in [0.2, 0.25) is 0 Å². The molecule has 2 saturated heterocycles. The normalized spacial score (nSPS) is 17.4. The van der Waals surface area contributed by atoms with Gasteiger partial charge in [0.05, 0.1) is 23.5 Å². The van der Waals surface area contributed by atoms with Gasteiger partial charge in [0.2, 0.25) is 5.91 Å². The molecule has 2 fully saturated rings. The van der Waals surface area contributed by atoms with Crippen LogP contribution in [0.4, 0.5) is 11.4 Å². The summed E-state index contributed by atoms with van der Waals surface area (Å²) >= 11 is 0. The van der Waals surface area contributed by atoms with E-state index in [9.17, 15) is 9.90 Å². The standard InChI is InChI=1S/C33H39BN6O4/c1-38-16-18-40(19-17-38)23-30(41)39(2)27-11-9-26(10-12-27)36-32(24-6-4-3-5-7-24)31-28-13-8-25(22-29(28)37-33(31)42)34-43-20-14-35-15-21-44-34/h3-13,22,35,37,42H,14-21,23H2,1-2H3. The molecule has 0 aliphatic carbocycles. The molecule has 3 N–H and O–H groups in total. The fourth-order valence-electron chi connectivity index (χ4n) is 5.62. The molecule has 0 radical (unpaired) electrons. The molecular formula is C33H39BN6O4. The number of hydrogen-bond donors (Lipinski definition) is 3. The monoisotopic (exact) mass is 594 g/mol. The number of carbonyl (C=O) groups excluding carboxylic acids is 1. The van der Waals surface area contributed by atoms with Crippen LogP contribution in [0.1, 0.15) is 11.1 Å². The van der Waals surface area contributed by atoms with Gasteiger partial charge in [0.15, 0.2) is 5.88 Å². The van der Waals surface area contributed by atoms with Crippen LogP contribution in [-0.2, 0) is 14.1 Å². The molecule has 3 heterocycles. The Balaban J connectivity index is 1.27.